The molecule has 1 atom stereocenters. The van der Waals surface area contributed by atoms with Crippen LogP contribution in [0.4, 0.5) is 5.95 Å². The maximum absolute atomic E-state index is 9.16. The molecule has 19 heavy (non-hydrogen) atoms. The Hall–Kier alpha value is -1.23. The third-order valence-corrected chi connectivity index (χ3v) is 3.28. The molecule has 1 heterocycles. The van der Waals surface area contributed by atoms with Crippen LogP contribution in [-0.2, 0) is 12.8 Å². The van der Waals surface area contributed by atoms with Crippen molar-refractivity contribution in [3.63, 3.8) is 0 Å². The van der Waals surface area contributed by atoms with Crippen LogP contribution in [0.2, 0.25) is 0 Å². The van der Waals surface area contributed by atoms with Gasteiger partial charge < -0.3 is 10.4 Å². The van der Waals surface area contributed by atoms with Gasteiger partial charge in [-0.05, 0) is 24.7 Å². The molecule has 1 unspecified atom stereocenters. The average molecular weight is 266 g/mol. The maximum atomic E-state index is 9.16. The number of aromatic nitrogens is 3. The number of rotatable bonds is 6. The van der Waals surface area contributed by atoms with Crippen molar-refractivity contribution in [3.05, 3.63) is 11.4 Å². The van der Waals surface area contributed by atoms with E-state index in [1.165, 1.54) is 0 Å². The molecule has 1 aromatic rings. The molecule has 108 valence electrons. The Labute approximate surface area is 115 Å². The van der Waals surface area contributed by atoms with Crippen LogP contribution in [0.15, 0.2) is 0 Å². The first-order valence-corrected chi connectivity index (χ1v) is 7.02. The minimum Gasteiger partial charge on any atom is -0.396 e. The number of nitrogens with zero attached hydrogens (tertiary/aromatic N) is 3. The van der Waals surface area contributed by atoms with E-state index in [0.29, 0.717) is 12.4 Å². The fourth-order valence-electron chi connectivity index (χ4n) is 2.01. The first kappa shape index (κ1) is 15.8. The SMILES string of the molecule is CCc1nnc(NC(CCO)C(C)(C)C)nc1CC. The third kappa shape index (κ3) is 4.42. The van der Waals surface area contributed by atoms with Gasteiger partial charge in [-0.1, -0.05) is 34.6 Å². The van der Waals surface area contributed by atoms with Crippen LogP contribution in [0.1, 0.15) is 52.4 Å². The van der Waals surface area contributed by atoms with Gasteiger partial charge in [0.25, 0.3) is 0 Å². The average Bonchev–Trinajstić information content (AvgIpc) is 2.37. The zero-order chi connectivity index (χ0) is 14.5. The van der Waals surface area contributed by atoms with E-state index in [-0.39, 0.29) is 18.1 Å². The lowest BCUT2D eigenvalue weighted by molar-refractivity contribution is 0.234. The molecule has 0 aliphatic heterocycles. The fourth-order valence-corrected chi connectivity index (χ4v) is 2.01. The Morgan fingerprint density at radius 3 is 2.21 bits per heavy atom. The maximum Gasteiger partial charge on any atom is 0.243 e. The van der Waals surface area contributed by atoms with E-state index in [4.69, 9.17) is 5.11 Å². The van der Waals surface area contributed by atoms with E-state index < -0.39 is 0 Å². The van der Waals surface area contributed by atoms with Crippen molar-refractivity contribution in [2.45, 2.75) is 59.9 Å². The highest BCUT2D eigenvalue weighted by Crippen LogP contribution is 2.24. The van der Waals surface area contributed by atoms with Crippen molar-refractivity contribution in [3.8, 4) is 0 Å². The standard InChI is InChI=1S/C14H26N4O/c1-6-10-11(7-2)17-18-13(15-10)16-12(8-9-19)14(3,4)5/h12,19H,6-9H2,1-5H3,(H,15,16,18). The van der Waals surface area contributed by atoms with Gasteiger partial charge in [0.15, 0.2) is 0 Å². The molecule has 0 fully saturated rings. The first-order chi connectivity index (χ1) is 8.92. The van der Waals surface area contributed by atoms with Gasteiger partial charge >= 0.3 is 0 Å². The molecule has 0 spiro atoms. The minimum absolute atomic E-state index is 0.0297. The molecule has 0 aliphatic carbocycles. The fraction of sp³-hybridized carbons (Fsp3) is 0.786. The lowest BCUT2D eigenvalue weighted by Crippen LogP contribution is -2.35. The number of aliphatic hydroxyl groups excluding tert-OH is 1. The van der Waals surface area contributed by atoms with E-state index in [9.17, 15) is 0 Å². The second-order valence-corrected chi connectivity index (χ2v) is 5.81. The van der Waals surface area contributed by atoms with Crippen LogP contribution >= 0.6 is 0 Å². The van der Waals surface area contributed by atoms with Crippen molar-refractivity contribution in [2.24, 2.45) is 5.41 Å². The molecule has 0 aromatic carbocycles. The Kier molecular flexibility index (Phi) is 5.66. The molecular weight excluding hydrogens is 240 g/mol. The van der Waals surface area contributed by atoms with Crippen molar-refractivity contribution < 1.29 is 5.11 Å². The number of aryl methyl sites for hydroxylation is 2. The summed E-state index contributed by atoms with van der Waals surface area (Å²) in [5, 5.41) is 20.8. The van der Waals surface area contributed by atoms with Crippen LogP contribution < -0.4 is 5.32 Å². The van der Waals surface area contributed by atoms with Gasteiger partial charge in [-0.3, -0.25) is 0 Å². The Bertz CT molecular complexity index is 401. The van der Waals surface area contributed by atoms with E-state index in [1.54, 1.807) is 0 Å². The van der Waals surface area contributed by atoms with Crippen molar-refractivity contribution in [1.29, 1.82) is 0 Å². The molecule has 0 radical (unpaired) electrons. The summed E-state index contributed by atoms with van der Waals surface area (Å²) in [4.78, 5) is 4.53. The highest BCUT2D eigenvalue weighted by Gasteiger charge is 2.25. The summed E-state index contributed by atoms with van der Waals surface area (Å²) in [5.41, 5.74) is 1.99. The van der Waals surface area contributed by atoms with Gasteiger partial charge in [-0.2, -0.15) is 5.10 Å². The highest BCUT2D eigenvalue weighted by molar-refractivity contribution is 5.28. The predicted octanol–water partition coefficient (Wildman–Crippen LogP) is 2.21. The normalized spacial score (nSPS) is 13.4. The molecule has 0 bridgehead atoms. The monoisotopic (exact) mass is 266 g/mol. The quantitative estimate of drug-likeness (QED) is 0.826. The number of hydrogen-bond donors (Lipinski definition) is 2. The molecule has 5 nitrogen and oxygen atoms in total. The van der Waals surface area contributed by atoms with E-state index in [1.807, 2.05) is 0 Å². The molecule has 1 aromatic heterocycles. The lowest BCUT2D eigenvalue weighted by atomic mass is 9.85. The van der Waals surface area contributed by atoms with Gasteiger partial charge in [0.2, 0.25) is 5.95 Å². The highest BCUT2D eigenvalue weighted by atomic mass is 16.3. The molecular formula is C14H26N4O. The van der Waals surface area contributed by atoms with E-state index in [2.05, 4.69) is 55.1 Å². The summed E-state index contributed by atoms with van der Waals surface area (Å²) in [6.07, 6.45) is 2.38. The van der Waals surface area contributed by atoms with Gasteiger partial charge in [-0.25, -0.2) is 4.98 Å². The van der Waals surface area contributed by atoms with Crippen LogP contribution in [0.25, 0.3) is 0 Å². The zero-order valence-electron chi connectivity index (χ0n) is 12.7. The lowest BCUT2D eigenvalue weighted by Gasteiger charge is -2.31. The van der Waals surface area contributed by atoms with Crippen LogP contribution in [0, 0.1) is 5.41 Å². The smallest absolute Gasteiger partial charge is 0.243 e. The summed E-state index contributed by atoms with van der Waals surface area (Å²) in [7, 11) is 0. The Balaban J connectivity index is 2.91. The minimum atomic E-state index is 0.0297. The summed E-state index contributed by atoms with van der Waals surface area (Å²) in [6, 6.07) is 0.122. The van der Waals surface area contributed by atoms with Crippen molar-refractivity contribution in [2.75, 3.05) is 11.9 Å². The van der Waals surface area contributed by atoms with E-state index in [0.717, 1.165) is 24.2 Å². The molecule has 5 heteroatoms. The first-order valence-electron chi connectivity index (χ1n) is 7.02. The number of hydrogen-bond acceptors (Lipinski definition) is 5. The molecule has 1 rings (SSSR count). The summed E-state index contributed by atoms with van der Waals surface area (Å²) < 4.78 is 0. The van der Waals surface area contributed by atoms with Crippen molar-refractivity contribution >= 4 is 5.95 Å². The van der Waals surface area contributed by atoms with E-state index >= 15 is 0 Å². The summed E-state index contributed by atoms with van der Waals surface area (Å²) in [6.45, 7) is 10.7. The summed E-state index contributed by atoms with van der Waals surface area (Å²) in [5.74, 6) is 0.558. The molecule has 0 saturated carbocycles. The van der Waals surface area contributed by atoms with Crippen LogP contribution in [-0.4, -0.2) is 32.9 Å². The number of anilines is 1. The Morgan fingerprint density at radius 2 is 1.74 bits per heavy atom. The predicted molar refractivity (Wildman–Crippen MR) is 77.2 cm³/mol. The Morgan fingerprint density at radius 1 is 1.11 bits per heavy atom. The zero-order valence-corrected chi connectivity index (χ0v) is 12.7. The molecule has 0 saturated heterocycles. The molecule has 0 amide bonds. The molecule has 0 aliphatic rings. The summed E-state index contributed by atoms with van der Waals surface area (Å²) >= 11 is 0. The van der Waals surface area contributed by atoms with Gasteiger partial charge in [-0.15, -0.1) is 5.10 Å². The second-order valence-electron chi connectivity index (χ2n) is 5.81. The largest absolute Gasteiger partial charge is 0.396 e. The third-order valence-electron chi connectivity index (χ3n) is 3.28. The topological polar surface area (TPSA) is 70.9 Å². The van der Waals surface area contributed by atoms with Gasteiger partial charge in [0.1, 0.15) is 0 Å². The van der Waals surface area contributed by atoms with Gasteiger partial charge in [0, 0.05) is 12.6 Å². The van der Waals surface area contributed by atoms with Gasteiger partial charge in [0.05, 0.1) is 11.4 Å². The molecule has 2 N–H and O–H groups in total. The van der Waals surface area contributed by atoms with Crippen LogP contribution in [0.5, 0.6) is 0 Å². The number of aliphatic hydroxyl groups is 1. The second kappa shape index (κ2) is 6.80. The number of nitrogens with one attached hydrogen (secondary N) is 1. The van der Waals surface area contributed by atoms with Crippen LogP contribution in [0.3, 0.4) is 0 Å². The van der Waals surface area contributed by atoms with Crippen molar-refractivity contribution in [1.82, 2.24) is 15.2 Å².